The highest BCUT2D eigenvalue weighted by molar-refractivity contribution is 7.19. The molecule has 0 bridgehead atoms. The number of ether oxygens (including phenoxy) is 1. The van der Waals surface area contributed by atoms with Crippen LogP contribution in [0.3, 0.4) is 0 Å². The Balaban J connectivity index is 1.32. The molecule has 2 fully saturated rings. The van der Waals surface area contributed by atoms with Gasteiger partial charge in [-0.15, -0.1) is 11.3 Å². The van der Waals surface area contributed by atoms with E-state index < -0.39 is 0 Å². The number of rotatable bonds is 5. The quantitative estimate of drug-likeness (QED) is 0.805. The highest BCUT2D eigenvalue weighted by Gasteiger charge is 2.32. The summed E-state index contributed by atoms with van der Waals surface area (Å²) in [6.45, 7) is 2.54. The van der Waals surface area contributed by atoms with Crippen LogP contribution in [0.2, 0.25) is 0 Å². The maximum Gasteiger partial charge on any atom is 0.225 e. The van der Waals surface area contributed by atoms with E-state index in [1.165, 1.54) is 55.6 Å². The van der Waals surface area contributed by atoms with Gasteiger partial charge in [0.25, 0.3) is 0 Å². The summed E-state index contributed by atoms with van der Waals surface area (Å²) in [5.74, 6) is 0.655. The van der Waals surface area contributed by atoms with Crippen molar-refractivity contribution in [1.29, 1.82) is 0 Å². The number of nitrogens with zero attached hydrogens (tertiary/aromatic N) is 3. The Kier molecular flexibility index (Phi) is 5.43. The number of nitrogens with two attached hydrogens (primary N) is 1. The summed E-state index contributed by atoms with van der Waals surface area (Å²) in [4.78, 5) is 25.6. The summed E-state index contributed by atoms with van der Waals surface area (Å²) >= 11 is 1.72. The number of carbonyl (C=O) groups excluding carboxylic acids is 1. The molecule has 0 aromatic carbocycles. The molecule has 1 aliphatic heterocycles. The number of hydrogen-bond acceptors (Lipinski definition) is 6. The molecule has 29 heavy (non-hydrogen) atoms. The normalized spacial score (nSPS) is 27.8. The van der Waals surface area contributed by atoms with Crippen LogP contribution >= 0.6 is 11.3 Å². The molecular weight excluding hydrogens is 384 g/mol. The average molecular weight is 415 g/mol. The smallest absolute Gasteiger partial charge is 0.225 e. The number of aromatic nitrogens is 2. The van der Waals surface area contributed by atoms with Gasteiger partial charge in [0.1, 0.15) is 17.3 Å². The molecule has 1 saturated carbocycles. The molecule has 156 valence electrons. The lowest BCUT2D eigenvalue weighted by atomic mass is 9.90. The van der Waals surface area contributed by atoms with Gasteiger partial charge in [0, 0.05) is 17.3 Å². The first kappa shape index (κ1) is 19.2. The molecule has 3 heterocycles. The van der Waals surface area contributed by atoms with Gasteiger partial charge in [-0.2, -0.15) is 0 Å². The lowest BCUT2D eigenvalue weighted by Crippen LogP contribution is -2.42. The second-order valence-corrected chi connectivity index (χ2v) is 9.93. The van der Waals surface area contributed by atoms with E-state index in [-0.39, 0.29) is 17.9 Å². The number of primary amides is 1. The topological polar surface area (TPSA) is 81.3 Å². The summed E-state index contributed by atoms with van der Waals surface area (Å²) in [5.41, 5.74) is 6.73. The number of likely N-dealkylation sites (tertiary alicyclic amines) is 1. The lowest BCUT2D eigenvalue weighted by Gasteiger charge is -2.38. The van der Waals surface area contributed by atoms with Gasteiger partial charge in [0.05, 0.1) is 5.39 Å². The molecule has 1 unspecified atom stereocenters. The van der Waals surface area contributed by atoms with Gasteiger partial charge in [0.15, 0.2) is 0 Å². The zero-order valence-electron chi connectivity index (χ0n) is 16.9. The number of amides is 1. The van der Waals surface area contributed by atoms with Crippen molar-refractivity contribution >= 4 is 27.5 Å². The van der Waals surface area contributed by atoms with Crippen LogP contribution in [0.4, 0.5) is 0 Å². The number of aryl methyl sites for hydroxylation is 1. The second kappa shape index (κ2) is 8.19. The molecular formula is C22H30N4O2S. The summed E-state index contributed by atoms with van der Waals surface area (Å²) in [6.07, 6.45) is 12.9. The molecule has 2 aromatic heterocycles. The summed E-state index contributed by atoms with van der Waals surface area (Å²) in [6, 6.07) is 0.728. The Hall–Kier alpha value is -1.73. The SMILES string of the molecule is NC(=O)CC1CCc2sc3ncnc(OC4CCC(N5CCCCC5)CC4)c3c21. The van der Waals surface area contributed by atoms with Gasteiger partial charge in [-0.1, -0.05) is 6.42 Å². The third-order valence-corrected chi connectivity index (χ3v) is 8.15. The molecule has 5 rings (SSSR count). The Bertz CT molecular complexity index is 884. The van der Waals surface area contributed by atoms with E-state index in [0.717, 1.165) is 41.9 Å². The van der Waals surface area contributed by atoms with Gasteiger partial charge in [-0.3, -0.25) is 4.79 Å². The summed E-state index contributed by atoms with van der Waals surface area (Å²) in [5, 5.41) is 1.04. The number of carbonyl (C=O) groups is 1. The zero-order chi connectivity index (χ0) is 19.8. The van der Waals surface area contributed by atoms with Gasteiger partial charge in [-0.05, 0) is 75.9 Å². The number of hydrogen-bond donors (Lipinski definition) is 1. The van der Waals surface area contributed by atoms with Crippen molar-refractivity contribution in [3.63, 3.8) is 0 Å². The van der Waals surface area contributed by atoms with E-state index >= 15 is 0 Å². The van der Waals surface area contributed by atoms with E-state index in [1.807, 2.05) is 0 Å². The van der Waals surface area contributed by atoms with Crippen molar-refractivity contribution in [1.82, 2.24) is 14.9 Å². The maximum atomic E-state index is 11.5. The summed E-state index contributed by atoms with van der Waals surface area (Å²) in [7, 11) is 0. The van der Waals surface area contributed by atoms with Crippen molar-refractivity contribution in [2.75, 3.05) is 13.1 Å². The molecule has 1 saturated heterocycles. The molecule has 2 N–H and O–H groups in total. The van der Waals surface area contributed by atoms with Crippen LogP contribution in [-0.2, 0) is 11.2 Å². The van der Waals surface area contributed by atoms with E-state index in [4.69, 9.17) is 10.5 Å². The van der Waals surface area contributed by atoms with Crippen LogP contribution in [0.5, 0.6) is 5.88 Å². The minimum Gasteiger partial charge on any atom is -0.474 e. The fraction of sp³-hybridized carbons (Fsp3) is 0.682. The summed E-state index contributed by atoms with van der Waals surface area (Å²) < 4.78 is 6.46. The maximum absolute atomic E-state index is 11.5. The van der Waals surface area contributed by atoms with Crippen molar-refractivity contribution in [2.45, 2.75) is 82.3 Å². The van der Waals surface area contributed by atoms with Crippen LogP contribution in [0.1, 0.15) is 74.1 Å². The first-order valence-electron chi connectivity index (χ1n) is 11.1. The van der Waals surface area contributed by atoms with Crippen molar-refractivity contribution in [3.05, 3.63) is 16.8 Å². The number of piperidine rings is 1. The number of thiophene rings is 1. The lowest BCUT2D eigenvalue weighted by molar-refractivity contribution is -0.118. The van der Waals surface area contributed by atoms with Gasteiger partial charge >= 0.3 is 0 Å². The predicted octanol–water partition coefficient (Wildman–Crippen LogP) is 3.77. The van der Waals surface area contributed by atoms with Crippen LogP contribution in [-0.4, -0.2) is 46.0 Å². The van der Waals surface area contributed by atoms with Crippen LogP contribution in [0.15, 0.2) is 6.33 Å². The average Bonchev–Trinajstić information content (AvgIpc) is 3.29. The Morgan fingerprint density at radius 1 is 1.14 bits per heavy atom. The number of fused-ring (bicyclic) bond motifs is 3. The van der Waals surface area contributed by atoms with Gasteiger partial charge in [0.2, 0.25) is 11.8 Å². The molecule has 1 atom stereocenters. The molecule has 0 spiro atoms. The molecule has 7 heteroatoms. The standard InChI is InChI=1S/C22H30N4O2S/c23-18(27)12-14-4-9-17-19(14)20-21(24-13-25-22(20)29-17)28-16-7-5-15(6-8-16)26-10-2-1-3-11-26/h13-16H,1-12H2,(H2,23,27). The molecule has 2 aliphatic carbocycles. The molecule has 2 aromatic rings. The van der Waals surface area contributed by atoms with Crippen LogP contribution in [0, 0.1) is 0 Å². The minimum absolute atomic E-state index is 0.180. The van der Waals surface area contributed by atoms with E-state index in [2.05, 4.69) is 14.9 Å². The van der Waals surface area contributed by atoms with E-state index in [9.17, 15) is 4.79 Å². The predicted molar refractivity (Wildman–Crippen MR) is 114 cm³/mol. The van der Waals surface area contributed by atoms with Gasteiger partial charge in [-0.25, -0.2) is 9.97 Å². The highest BCUT2D eigenvalue weighted by Crippen LogP contribution is 2.47. The second-order valence-electron chi connectivity index (χ2n) is 8.85. The fourth-order valence-corrected chi connectivity index (χ4v) is 6.78. The molecule has 6 nitrogen and oxygen atoms in total. The van der Waals surface area contributed by atoms with Crippen LogP contribution in [0.25, 0.3) is 10.2 Å². The van der Waals surface area contributed by atoms with Crippen LogP contribution < -0.4 is 10.5 Å². The molecule has 3 aliphatic rings. The molecule has 1 amide bonds. The fourth-order valence-electron chi connectivity index (χ4n) is 5.55. The van der Waals surface area contributed by atoms with E-state index in [1.54, 1.807) is 17.7 Å². The van der Waals surface area contributed by atoms with Crippen molar-refractivity contribution < 1.29 is 9.53 Å². The minimum atomic E-state index is -0.238. The molecule has 0 radical (unpaired) electrons. The van der Waals surface area contributed by atoms with E-state index in [0.29, 0.717) is 12.3 Å². The van der Waals surface area contributed by atoms with Crippen molar-refractivity contribution in [3.8, 4) is 5.88 Å². The Morgan fingerprint density at radius 3 is 2.69 bits per heavy atom. The largest absolute Gasteiger partial charge is 0.474 e. The first-order chi connectivity index (χ1) is 14.2. The third kappa shape index (κ3) is 3.87. The highest BCUT2D eigenvalue weighted by atomic mass is 32.1. The first-order valence-corrected chi connectivity index (χ1v) is 12.0. The Labute approximate surface area is 175 Å². The monoisotopic (exact) mass is 414 g/mol. The zero-order valence-corrected chi connectivity index (χ0v) is 17.8. The third-order valence-electron chi connectivity index (χ3n) is 6.97. The van der Waals surface area contributed by atoms with Crippen molar-refractivity contribution in [2.24, 2.45) is 5.73 Å². The van der Waals surface area contributed by atoms with Gasteiger partial charge < -0.3 is 15.4 Å². The Morgan fingerprint density at radius 2 is 1.93 bits per heavy atom.